The van der Waals surface area contributed by atoms with Crippen LogP contribution in [-0.2, 0) is 14.4 Å². The van der Waals surface area contributed by atoms with Gasteiger partial charge < -0.3 is 4.74 Å². The smallest absolute Gasteiger partial charge is 0.313 e. The Balaban J connectivity index is 1.58. The van der Waals surface area contributed by atoms with Crippen molar-refractivity contribution >= 4 is 17.7 Å². The van der Waals surface area contributed by atoms with Gasteiger partial charge in [-0.3, -0.25) is 9.63 Å². The van der Waals surface area contributed by atoms with Crippen molar-refractivity contribution < 1.29 is 14.4 Å². The largest absolute Gasteiger partial charge is 0.465 e. The summed E-state index contributed by atoms with van der Waals surface area (Å²) in [5, 5.41) is 2.30. The highest BCUT2D eigenvalue weighted by Crippen LogP contribution is 2.43. The van der Waals surface area contributed by atoms with Crippen molar-refractivity contribution in [2.75, 3.05) is 13.2 Å². The van der Waals surface area contributed by atoms with Crippen molar-refractivity contribution in [3.05, 3.63) is 30.3 Å². The van der Waals surface area contributed by atoms with Crippen LogP contribution in [-0.4, -0.2) is 41.6 Å². The minimum Gasteiger partial charge on any atom is -0.465 e. The van der Waals surface area contributed by atoms with Crippen molar-refractivity contribution in [2.24, 2.45) is 5.92 Å². The number of fused-ring (bicyclic) bond motifs is 3. The Kier molecular flexibility index (Phi) is 3.65. The van der Waals surface area contributed by atoms with Gasteiger partial charge in [0.2, 0.25) is 0 Å². The highest BCUT2D eigenvalue weighted by Gasteiger charge is 2.53. The molecule has 3 fully saturated rings. The molecule has 4 rings (SSSR count). The summed E-state index contributed by atoms with van der Waals surface area (Å²) >= 11 is 1.81. The second-order valence-electron chi connectivity index (χ2n) is 5.87. The number of hydrogen-bond acceptors (Lipinski definition) is 5. The molecule has 1 aromatic rings. The van der Waals surface area contributed by atoms with Crippen molar-refractivity contribution in [3.8, 4) is 0 Å². The zero-order chi connectivity index (χ0) is 14.2. The number of cyclic esters (lactones) is 1. The molecule has 0 bridgehead atoms. The Morgan fingerprint density at radius 2 is 2.05 bits per heavy atom. The third kappa shape index (κ3) is 2.47. The molecule has 0 aliphatic carbocycles. The van der Waals surface area contributed by atoms with Gasteiger partial charge in [-0.25, -0.2) is 0 Å². The molecule has 3 aliphatic rings. The standard InChI is InChI=1S/C16H19NO3S/c18-16-14-12-7-4-9-17(12)20-15(14)13(8-10-19-16)21-11-5-2-1-3-6-11/h1-3,5-6,12-15H,4,7-10H2/t12-,13-,14+,15+/m1/s1. The topological polar surface area (TPSA) is 38.8 Å². The fraction of sp³-hybridized carbons (Fsp3) is 0.562. The van der Waals surface area contributed by atoms with E-state index < -0.39 is 0 Å². The van der Waals surface area contributed by atoms with Gasteiger partial charge in [-0.05, 0) is 31.4 Å². The number of carbonyl (C=O) groups is 1. The van der Waals surface area contributed by atoms with Crippen molar-refractivity contribution in [1.82, 2.24) is 5.06 Å². The third-order valence-corrected chi connectivity index (χ3v) is 5.94. The lowest BCUT2D eigenvalue weighted by molar-refractivity contribution is -0.151. The van der Waals surface area contributed by atoms with E-state index in [2.05, 4.69) is 12.1 Å². The highest BCUT2D eigenvalue weighted by molar-refractivity contribution is 8.00. The van der Waals surface area contributed by atoms with Crippen LogP contribution in [0, 0.1) is 5.92 Å². The van der Waals surface area contributed by atoms with Gasteiger partial charge in [0.05, 0.1) is 12.6 Å². The lowest BCUT2D eigenvalue weighted by Crippen LogP contribution is -2.36. The van der Waals surface area contributed by atoms with Crippen LogP contribution in [0.2, 0.25) is 0 Å². The van der Waals surface area contributed by atoms with Gasteiger partial charge in [0.25, 0.3) is 0 Å². The summed E-state index contributed by atoms with van der Waals surface area (Å²) in [5.74, 6) is -0.179. The summed E-state index contributed by atoms with van der Waals surface area (Å²) in [6.45, 7) is 1.44. The second kappa shape index (κ2) is 5.63. The SMILES string of the molecule is O=C1OCC[C@@H](Sc2ccccc2)[C@@H]2ON3CCC[C@@H]3[C@H]12. The number of thioether (sulfide) groups is 1. The van der Waals surface area contributed by atoms with Gasteiger partial charge in [-0.1, -0.05) is 18.2 Å². The molecule has 21 heavy (non-hydrogen) atoms. The minimum absolute atomic E-state index is 0.0458. The maximum atomic E-state index is 12.3. The Labute approximate surface area is 128 Å². The molecule has 0 saturated carbocycles. The number of rotatable bonds is 2. The Morgan fingerprint density at radius 1 is 1.19 bits per heavy atom. The van der Waals surface area contributed by atoms with Crippen LogP contribution in [0.4, 0.5) is 0 Å². The van der Waals surface area contributed by atoms with Crippen LogP contribution < -0.4 is 0 Å². The van der Waals surface area contributed by atoms with Crippen LogP contribution >= 0.6 is 11.8 Å². The number of hydroxylamine groups is 2. The summed E-state index contributed by atoms with van der Waals surface area (Å²) in [4.78, 5) is 19.7. The zero-order valence-electron chi connectivity index (χ0n) is 11.8. The van der Waals surface area contributed by atoms with Crippen molar-refractivity contribution in [1.29, 1.82) is 0 Å². The van der Waals surface area contributed by atoms with Crippen molar-refractivity contribution in [2.45, 2.75) is 41.6 Å². The monoisotopic (exact) mass is 305 g/mol. The molecule has 0 spiro atoms. The van der Waals surface area contributed by atoms with Crippen LogP contribution in [0.5, 0.6) is 0 Å². The van der Waals surface area contributed by atoms with E-state index in [0.29, 0.717) is 6.61 Å². The molecule has 4 nitrogen and oxygen atoms in total. The van der Waals surface area contributed by atoms with E-state index in [1.807, 2.05) is 35.0 Å². The molecule has 0 amide bonds. The first-order valence-corrected chi connectivity index (χ1v) is 8.52. The summed E-state index contributed by atoms with van der Waals surface area (Å²) in [5.41, 5.74) is 0. The van der Waals surface area contributed by atoms with Gasteiger partial charge in [-0.15, -0.1) is 11.8 Å². The number of nitrogens with zero attached hydrogens (tertiary/aromatic N) is 1. The third-order valence-electron chi connectivity index (χ3n) is 4.59. The normalized spacial score (nSPS) is 35.9. The van der Waals surface area contributed by atoms with Crippen molar-refractivity contribution in [3.63, 3.8) is 0 Å². The molecule has 0 N–H and O–H groups in total. The van der Waals surface area contributed by atoms with Gasteiger partial charge >= 0.3 is 5.97 Å². The summed E-state index contributed by atoms with van der Waals surface area (Å²) in [7, 11) is 0. The zero-order valence-corrected chi connectivity index (χ0v) is 12.6. The summed E-state index contributed by atoms with van der Waals surface area (Å²) < 4.78 is 5.43. The molecule has 0 aromatic heterocycles. The first-order valence-electron chi connectivity index (χ1n) is 7.65. The van der Waals surface area contributed by atoms with Gasteiger partial charge in [0, 0.05) is 16.7 Å². The predicted molar refractivity (Wildman–Crippen MR) is 79.8 cm³/mol. The predicted octanol–water partition coefficient (Wildman–Crippen LogP) is 2.49. The van der Waals surface area contributed by atoms with E-state index in [9.17, 15) is 4.79 Å². The quantitative estimate of drug-likeness (QED) is 0.785. The summed E-state index contributed by atoms with van der Waals surface area (Å²) in [6, 6.07) is 10.6. The molecule has 1 aromatic carbocycles. The fourth-order valence-corrected chi connectivity index (χ4v) is 4.85. The summed E-state index contributed by atoms with van der Waals surface area (Å²) in [6.07, 6.45) is 2.96. The number of hydrogen-bond donors (Lipinski definition) is 0. The maximum absolute atomic E-state index is 12.3. The van der Waals surface area contributed by atoms with E-state index in [1.54, 1.807) is 0 Å². The molecule has 3 saturated heterocycles. The first kappa shape index (κ1) is 13.6. The first-order chi connectivity index (χ1) is 10.3. The molecular formula is C16H19NO3S. The van der Waals surface area contributed by atoms with Crippen LogP contribution in [0.25, 0.3) is 0 Å². The van der Waals surface area contributed by atoms with E-state index in [-0.39, 0.29) is 29.3 Å². The molecule has 5 heteroatoms. The van der Waals surface area contributed by atoms with Gasteiger partial charge in [-0.2, -0.15) is 5.06 Å². The number of benzene rings is 1. The second-order valence-corrected chi connectivity index (χ2v) is 7.18. The van der Waals surface area contributed by atoms with E-state index in [1.165, 1.54) is 4.90 Å². The van der Waals surface area contributed by atoms with Gasteiger partial charge in [0.1, 0.15) is 12.0 Å². The molecule has 112 valence electrons. The van der Waals surface area contributed by atoms with Crippen LogP contribution in [0.3, 0.4) is 0 Å². The van der Waals surface area contributed by atoms with E-state index in [4.69, 9.17) is 9.57 Å². The number of esters is 1. The van der Waals surface area contributed by atoms with Crippen LogP contribution in [0.1, 0.15) is 19.3 Å². The lowest BCUT2D eigenvalue weighted by Gasteiger charge is -2.23. The number of carbonyl (C=O) groups excluding carboxylic acids is 1. The molecule has 0 radical (unpaired) electrons. The Morgan fingerprint density at radius 3 is 2.90 bits per heavy atom. The molecule has 4 atom stereocenters. The molecule has 3 heterocycles. The van der Waals surface area contributed by atoms with Gasteiger partial charge in [0.15, 0.2) is 0 Å². The average molecular weight is 305 g/mol. The van der Waals surface area contributed by atoms with Crippen LogP contribution in [0.15, 0.2) is 35.2 Å². The Hall–Kier alpha value is -1.04. The molecular weight excluding hydrogens is 286 g/mol. The lowest BCUT2D eigenvalue weighted by atomic mass is 9.91. The average Bonchev–Trinajstić information content (AvgIpc) is 3.03. The fourth-order valence-electron chi connectivity index (χ4n) is 3.62. The highest BCUT2D eigenvalue weighted by atomic mass is 32.2. The number of ether oxygens (including phenoxy) is 1. The molecule has 3 aliphatic heterocycles. The minimum atomic E-state index is -0.115. The van der Waals surface area contributed by atoms with E-state index in [0.717, 1.165) is 25.8 Å². The Bertz CT molecular complexity index is 524. The maximum Gasteiger partial charge on any atom is 0.313 e. The molecule has 0 unspecified atom stereocenters. The van der Waals surface area contributed by atoms with E-state index >= 15 is 0 Å².